The Morgan fingerprint density at radius 2 is 2.00 bits per heavy atom. The lowest BCUT2D eigenvalue weighted by Gasteiger charge is -1.96. The average Bonchev–Trinajstić information content (AvgIpc) is 2.76. The number of nitrogens with zero attached hydrogens (tertiary/aromatic N) is 1. The summed E-state index contributed by atoms with van der Waals surface area (Å²) >= 11 is 0. The molecule has 0 amide bonds. The summed E-state index contributed by atoms with van der Waals surface area (Å²) in [6.07, 6.45) is 0. The van der Waals surface area contributed by atoms with Crippen LogP contribution in [0, 0.1) is 0 Å². The number of ether oxygens (including phenoxy) is 1. The van der Waals surface area contributed by atoms with Crippen molar-refractivity contribution in [2.45, 2.75) is 0 Å². The minimum Gasteiger partial charge on any atom is -0.474 e. The molecule has 5 heteroatoms. The molecule has 0 aliphatic heterocycles. The molecule has 4 N–H and O–H groups in total. The Balaban J connectivity index is 2.15. The SMILES string of the molecule is NCCOc1cc(-c2ccc(N)cc2)on1. The van der Waals surface area contributed by atoms with Gasteiger partial charge in [0.1, 0.15) is 6.61 Å². The minimum atomic E-state index is 0.424. The summed E-state index contributed by atoms with van der Waals surface area (Å²) in [5, 5.41) is 3.77. The van der Waals surface area contributed by atoms with E-state index < -0.39 is 0 Å². The van der Waals surface area contributed by atoms with Gasteiger partial charge in [0, 0.05) is 23.9 Å². The normalized spacial score (nSPS) is 10.3. The van der Waals surface area contributed by atoms with E-state index in [0.29, 0.717) is 30.5 Å². The van der Waals surface area contributed by atoms with Crippen molar-refractivity contribution >= 4 is 5.69 Å². The van der Waals surface area contributed by atoms with Gasteiger partial charge in [-0.15, -0.1) is 0 Å². The Hall–Kier alpha value is -2.01. The molecule has 0 fully saturated rings. The van der Waals surface area contributed by atoms with E-state index in [4.69, 9.17) is 20.7 Å². The van der Waals surface area contributed by atoms with Crippen LogP contribution >= 0.6 is 0 Å². The third kappa shape index (κ3) is 2.32. The Kier molecular flexibility index (Phi) is 3.07. The van der Waals surface area contributed by atoms with Crippen LogP contribution in [0.2, 0.25) is 0 Å². The maximum atomic E-state index is 5.59. The predicted molar refractivity (Wildman–Crippen MR) is 60.9 cm³/mol. The van der Waals surface area contributed by atoms with E-state index >= 15 is 0 Å². The maximum absolute atomic E-state index is 5.59. The first-order valence-corrected chi connectivity index (χ1v) is 4.95. The Morgan fingerprint density at radius 1 is 1.25 bits per heavy atom. The van der Waals surface area contributed by atoms with Crippen LogP contribution in [-0.4, -0.2) is 18.3 Å². The Labute approximate surface area is 93.0 Å². The summed E-state index contributed by atoms with van der Waals surface area (Å²) in [5.41, 5.74) is 12.5. The Morgan fingerprint density at radius 3 is 2.69 bits per heavy atom. The van der Waals surface area contributed by atoms with E-state index in [2.05, 4.69) is 5.16 Å². The second-order valence-corrected chi connectivity index (χ2v) is 3.29. The molecule has 16 heavy (non-hydrogen) atoms. The molecule has 1 aromatic carbocycles. The van der Waals surface area contributed by atoms with E-state index in [1.165, 1.54) is 0 Å². The number of hydrogen-bond acceptors (Lipinski definition) is 5. The number of aromatic nitrogens is 1. The van der Waals surface area contributed by atoms with Crippen molar-refractivity contribution in [3.05, 3.63) is 30.3 Å². The number of nitrogen functional groups attached to an aromatic ring is 1. The third-order valence-corrected chi connectivity index (χ3v) is 2.05. The second-order valence-electron chi connectivity index (χ2n) is 3.29. The van der Waals surface area contributed by atoms with Gasteiger partial charge in [-0.05, 0) is 29.4 Å². The van der Waals surface area contributed by atoms with Gasteiger partial charge in [-0.3, -0.25) is 0 Å². The average molecular weight is 219 g/mol. The van der Waals surface area contributed by atoms with Crippen LogP contribution in [0.4, 0.5) is 5.69 Å². The molecule has 0 atom stereocenters. The summed E-state index contributed by atoms with van der Waals surface area (Å²) in [6, 6.07) is 9.06. The zero-order chi connectivity index (χ0) is 11.4. The topological polar surface area (TPSA) is 87.3 Å². The molecule has 0 aliphatic rings. The lowest BCUT2D eigenvalue weighted by molar-refractivity contribution is 0.288. The van der Waals surface area contributed by atoms with Crippen molar-refractivity contribution in [2.75, 3.05) is 18.9 Å². The molecule has 0 aliphatic carbocycles. The minimum absolute atomic E-state index is 0.424. The summed E-state index contributed by atoms with van der Waals surface area (Å²) in [7, 11) is 0. The smallest absolute Gasteiger partial charge is 0.254 e. The molecular weight excluding hydrogens is 206 g/mol. The summed E-state index contributed by atoms with van der Waals surface area (Å²) in [5.74, 6) is 1.09. The van der Waals surface area contributed by atoms with Gasteiger partial charge in [0.15, 0.2) is 5.76 Å². The summed E-state index contributed by atoms with van der Waals surface area (Å²) in [6.45, 7) is 0.873. The van der Waals surface area contributed by atoms with Crippen molar-refractivity contribution < 1.29 is 9.26 Å². The van der Waals surface area contributed by atoms with Crippen LogP contribution < -0.4 is 16.2 Å². The van der Waals surface area contributed by atoms with Crippen molar-refractivity contribution in [1.82, 2.24) is 5.16 Å². The standard InChI is InChI=1S/C11H13N3O2/c12-5-6-15-11-7-10(16-14-11)8-1-3-9(13)4-2-8/h1-4,7H,5-6,12-13H2. The van der Waals surface area contributed by atoms with Gasteiger partial charge < -0.3 is 20.7 Å². The fourth-order valence-corrected chi connectivity index (χ4v) is 1.27. The number of rotatable bonds is 4. The summed E-state index contributed by atoms with van der Waals surface area (Å²) < 4.78 is 10.4. The van der Waals surface area contributed by atoms with Gasteiger partial charge in [-0.25, -0.2) is 0 Å². The number of benzene rings is 1. The molecule has 2 aromatic rings. The molecule has 0 bridgehead atoms. The van der Waals surface area contributed by atoms with Gasteiger partial charge in [0.25, 0.3) is 5.88 Å². The number of hydrogen-bond donors (Lipinski definition) is 2. The fourth-order valence-electron chi connectivity index (χ4n) is 1.27. The lowest BCUT2D eigenvalue weighted by atomic mass is 10.1. The van der Waals surface area contributed by atoms with Crippen molar-refractivity contribution in [3.63, 3.8) is 0 Å². The lowest BCUT2D eigenvalue weighted by Crippen LogP contribution is -2.10. The molecule has 84 valence electrons. The van der Waals surface area contributed by atoms with Crippen LogP contribution in [0.15, 0.2) is 34.9 Å². The highest BCUT2D eigenvalue weighted by atomic mass is 16.5. The first-order chi connectivity index (χ1) is 7.79. The van der Waals surface area contributed by atoms with Crippen molar-refractivity contribution in [3.8, 4) is 17.2 Å². The van der Waals surface area contributed by atoms with Gasteiger partial charge in [0.2, 0.25) is 0 Å². The second kappa shape index (κ2) is 4.67. The highest BCUT2D eigenvalue weighted by molar-refractivity contribution is 5.60. The van der Waals surface area contributed by atoms with Gasteiger partial charge >= 0.3 is 0 Å². The van der Waals surface area contributed by atoms with Gasteiger partial charge in [-0.2, -0.15) is 0 Å². The highest BCUT2D eigenvalue weighted by Crippen LogP contribution is 2.24. The quantitative estimate of drug-likeness (QED) is 0.756. The van der Waals surface area contributed by atoms with Crippen LogP contribution in [-0.2, 0) is 0 Å². The molecule has 1 heterocycles. The molecule has 5 nitrogen and oxygen atoms in total. The molecule has 1 aromatic heterocycles. The highest BCUT2D eigenvalue weighted by Gasteiger charge is 2.06. The van der Waals surface area contributed by atoms with Crippen LogP contribution in [0.3, 0.4) is 0 Å². The van der Waals surface area contributed by atoms with Crippen LogP contribution in [0.1, 0.15) is 0 Å². The zero-order valence-electron chi connectivity index (χ0n) is 8.72. The largest absolute Gasteiger partial charge is 0.474 e. The van der Waals surface area contributed by atoms with E-state index in [1.807, 2.05) is 12.1 Å². The van der Waals surface area contributed by atoms with Gasteiger partial charge in [-0.1, -0.05) is 0 Å². The molecule has 0 saturated heterocycles. The van der Waals surface area contributed by atoms with Gasteiger partial charge in [0.05, 0.1) is 0 Å². The summed E-state index contributed by atoms with van der Waals surface area (Å²) in [4.78, 5) is 0. The first-order valence-electron chi connectivity index (χ1n) is 4.95. The monoisotopic (exact) mass is 219 g/mol. The Bertz CT molecular complexity index is 451. The molecular formula is C11H13N3O2. The van der Waals surface area contributed by atoms with Crippen LogP contribution in [0.5, 0.6) is 5.88 Å². The third-order valence-electron chi connectivity index (χ3n) is 2.05. The molecule has 0 radical (unpaired) electrons. The van der Waals surface area contributed by atoms with Crippen molar-refractivity contribution in [1.29, 1.82) is 0 Å². The van der Waals surface area contributed by atoms with Crippen LogP contribution in [0.25, 0.3) is 11.3 Å². The number of anilines is 1. The van der Waals surface area contributed by atoms with E-state index in [0.717, 1.165) is 5.56 Å². The fraction of sp³-hybridized carbons (Fsp3) is 0.182. The van der Waals surface area contributed by atoms with Crippen molar-refractivity contribution in [2.24, 2.45) is 5.73 Å². The predicted octanol–water partition coefficient (Wildman–Crippen LogP) is 1.26. The van der Waals surface area contributed by atoms with E-state index in [9.17, 15) is 0 Å². The van der Waals surface area contributed by atoms with E-state index in [-0.39, 0.29) is 0 Å². The molecule has 0 saturated carbocycles. The first kappa shape index (κ1) is 10.5. The van der Waals surface area contributed by atoms with E-state index in [1.54, 1.807) is 18.2 Å². The zero-order valence-corrected chi connectivity index (χ0v) is 8.72. The molecule has 2 rings (SSSR count). The number of nitrogens with two attached hydrogens (primary N) is 2. The molecule has 0 unspecified atom stereocenters. The maximum Gasteiger partial charge on any atom is 0.254 e. The molecule has 0 spiro atoms.